The van der Waals surface area contributed by atoms with Crippen LogP contribution in [0.5, 0.6) is 11.5 Å². The Balaban J connectivity index is 2.43. The summed E-state index contributed by atoms with van der Waals surface area (Å²) in [6, 6.07) is 9.57. The molecule has 0 amide bonds. The van der Waals surface area contributed by atoms with Gasteiger partial charge in [-0.3, -0.25) is 0 Å². The number of methoxy groups -OCH3 is 1. The third-order valence-corrected chi connectivity index (χ3v) is 3.64. The lowest BCUT2D eigenvalue weighted by Crippen LogP contribution is -2.15. The maximum absolute atomic E-state index is 14.2. The Hall–Kier alpha value is -1.59. The first-order valence-corrected chi connectivity index (χ1v) is 7.37. The third kappa shape index (κ3) is 3.54. The SMILES string of the molecule is CCOc1ccc(Br)cc1C(N)c1ccc(OC)cc1F. The summed E-state index contributed by atoms with van der Waals surface area (Å²) in [6.45, 7) is 2.41. The van der Waals surface area contributed by atoms with E-state index in [1.165, 1.54) is 13.2 Å². The number of ether oxygens (including phenoxy) is 2. The number of hydrogen-bond donors (Lipinski definition) is 1. The maximum Gasteiger partial charge on any atom is 0.132 e. The molecule has 1 atom stereocenters. The Bertz CT molecular complexity index is 634. The second kappa shape index (κ2) is 6.91. The van der Waals surface area contributed by atoms with Crippen molar-refractivity contribution in [3.05, 3.63) is 57.8 Å². The smallest absolute Gasteiger partial charge is 0.132 e. The van der Waals surface area contributed by atoms with Gasteiger partial charge in [-0.15, -0.1) is 0 Å². The molecule has 2 aromatic carbocycles. The van der Waals surface area contributed by atoms with E-state index < -0.39 is 11.9 Å². The van der Waals surface area contributed by atoms with Crippen molar-refractivity contribution < 1.29 is 13.9 Å². The van der Waals surface area contributed by atoms with E-state index in [-0.39, 0.29) is 0 Å². The maximum atomic E-state index is 14.2. The van der Waals surface area contributed by atoms with E-state index in [9.17, 15) is 4.39 Å². The molecule has 0 saturated heterocycles. The highest BCUT2D eigenvalue weighted by atomic mass is 79.9. The number of rotatable bonds is 5. The van der Waals surface area contributed by atoms with Crippen molar-refractivity contribution in [3.63, 3.8) is 0 Å². The first kappa shape index (κ1) is 15.8. The van der Waals surface area contributed by atoms with Gasteiger partial charge in [0.25, 0.3) is 0 Å². The predicted molar refractivity (Wildman–Crippen MR) is 84.3 cm³/mol. The second-order valence-corrected chi connectivity index (χ2v) is 5.40. The summed E-state index contributed by atoms with van der Waals surface area (Å²) in [4.78, 5) is 0. The summed E-state index contributed by atoms with van der Waals surface area (Å²) in [5.74, 6) is 0.718. The molecule has 1 unspecified atom stereocenters. The van der Waals surface area contributed by atoms with Gasteiger partial charge < -0.3 is 15.2 Å². The molecule has 0 aromatic heterocycles. The Morgan fingerprint density at radius 1 is 1.19 bits per heavy atom. The molecular formula is C16H17BrFNO2. The van der Waals surface area contributed by atoms with Crippen LogP contribution in [-0.4, -0.2) is 13.7 Å². The van der Waals surface area contributed by atoms with Gasteiger partial charge in [-0.2, -0.15) is 0 Å². The lowest BCUT2D eigenvalue weighted by Gasteiger charge is -2.18. The van der Waals surface area contributed by atoms with Gasteiger partial charge in [-0.25, -0.2) is 4.39 Å². The Morgan fingerprint density at radius 2 is 1.95 bits per heavy atom. The summed E-state index contributed by atoms with van der Waals surface area (Å²) < 4.78 is 25.6. The molecule has 0 aliphatic rings. The van der Waals surface area contributed by atoms with E-state index in [0.29, 0.717) is 23.7 Å². The molecular weight excluding hydrogens is 337 g/mol. The summed E-state index contributed by atoms with van der Waals surface area (Å²) in [5.41, 5.74) is 7.36. The minimum atomic E-state index is -0.616. The molecule has 0 aliphatic heterocycles. The molecule has 2 aromatic rings. The quantitative estimate of drug-likeness (QED) is 0.881. The monoisotopic (exact) mass is 353 g/mol. The van der Waals surface area contributed by atoms with Gasteiger partial charge in [0.1, 0.15) is 17.3 Å². The normalized spacial score (nSPS) is 12.0. The molecule has 0 heterocycles. The van der Waals surface area contributed by atoms with Crippen molar-refractivity contribution in [3.8, 4) is 11.5 Å². The van der Waals surface area contributed by atoms with Crippen LogP contribution in [0.1, 0.15) is 24.1 Å². The largest absolute Gasteiger partial charge is 0.497 e. The summed E-state index contributed by atoms with van der Waals surface area (Å²) in [6.07, 6.45) is 0. The van der Waals surface area contributed by atoms with Gasteiger partial charge >= 0.3 is 0 Å². The van der Waals surface area contributed by atoms with E-state index in [1.807, 2.05) is 25.1 Å². The van der Waals surface area contributed by atoms with Crippen molar-refractivity contribution in [1.29, 1.82) is 0 Å². The highest BCUT2D eigenvalue weighted by Crippen LogP contribution is 2.33. The highest BCUT2D eigenvalue weighted by Gasteiger charge is 2.18. The molecule has 0 saturated carbocycles. The zero-order valence-electron chi connectivity index (χ0n) is 11.9. The van der Waals surface area contributed by atoms with Gasteiger partial charge in [-0.05, 0) is 31.2 Å². The second-order valence-electron chi connectivity index (χ2n) is 4.48. The Kier molecular flexibility index (Phi) is 5.20. The Labute approximate surface area is 132 Å². The van der Waals surface area contributed by atoms with Crippen LogP contribution in [0.3, 0.4) is 0 Å². The molecule has 0 radical (unpaired) electrons. The predicted octanol–water partition coefficient (Wildman–Crippen LogP) is 4.04. The molecule has 0 bridgehead atoms. The van der Waals surface area contributed by atoms with Crippen molar-refractivity contribution in [1.82, 2.24) is 0 Å². The molecule has 0 spiro atoms. The Morgan fingerprint density at radius 3 is 2.57 bits per heavy atom. The third-order valence-electron chi connectivity index (χ3n) is 3.15. The number of nitrogens with two attached hydrogens (primary N) is 1. The van der Waals surface area contributed by atoms with Gasteiger partial charge in [0.15, 0.2) is 0 Å². The molecule has 5 heteroatoms. The van der Waals surface area contributed by atoms with Crippen molar-refractivity contribution in [2.75, 3.05) is 13.7 Å². The van der Waals surface area contributed by atoms with E-state index in [0.717, 1.165) is 10.0 Å². The molecule has 3 nitrogen and oxygen atoms in total. The highest BCUT2D eigenvalue weighted by molar-refractivity contribution is 9.10. The minimum Gasteiger partial charge on any atom is -0.497 e. The zero-order valence-corrected chi connectivity index (χ0v) is 13.5. The summed E-state index contributed by atoms with van der Waals surface area (Å²) in [5, 5.41) is 0. The molecule has 21 heavy (non-hydrogen) atoms. The van der Waals surface area contributed by atoms with Crippen molar-refractivity contribution in [2.45, 2.75) is 13.0 Å². The molecule has 0 fully saturated rings. The number of hydrogen-bond acceptors (Lipinski definition) is 3. The van der Waals surface area contributed by atoms with Gasteiger partial charge in [-0.1, -0.05) is 22.0 Å². The first-order chi connectivity index (χ1) is 10.1. The van der Waals surface area contributed by atoms with E-state index in [2.05, 4.69) is 15.9 Å². The van der Waals surface area contributed by atoms with E-state index in [4.69, 9.17) is 15.2 Å². The van der Waals surface area contributed by atoms with Crippen LogP contribution in [0.4, 0.5) is 4.39 Å². The topological polar surface area (TPSA) is 44.5 Å². The summed E-state index contributed by atoms with van der Waals surface area (Å²) >= 11 is 3.40. The van der Waals surface area contributed by atoms with Gasteiger partial charge in [0, 0.05) is 21.7 Å². The van der Waals surface area contributed by atoms with E-state index in [1.54, 1.807) is 12.1 Å². The molecule has 0 aliphatic carbocycles. The van der Waals surface area contributed by atoms with Crippen LogP contribution >= 0.6 is 15.9 Å². The van der Waals surface area contributed by atoms with Crippen LogP contribution < -0.4 is 15.2 Å². The standard InChI is InChI=1S/C16H17BrFNO2/c1-3-21-15-7-4-10(17)8-13(15)16(19)12-6-5-11(20-2)9-14(12)18/h4-9,16H,3,19H2,1-2H3. The molecule has 112 valence electrons. The minimum absolute atomic E-state index is 0.398. The number of halogens is 2. The van der Waals surface area contributed by atoms with Crippen LogP contribution in [0.2, 0.25) is 0 Å². The van der Waals surface area contributed by atoms with Crippen LogP contribution in [0, 0.1) is 5.82 Å². The van der Waals surface area contributed by atoms with Crippen molar-refractivity contribution in [2.24, 2.45) is 5.73 Å². The first-order valence-electron chi connectivity index (χ1n) is 6.58. The van der Waals surface area contributed by atoms with Crippen molar-refractivity contribution >= 4 is 15.9 Å². The average Bonchev–Trinajstić information content (AvgIpc) is 2.48. The fourth-order valence-corrected chi connectivity index (χ4v) is 2.48. The molecule has 2 rings (SSSR count). The van der Waals surface area contributed by atoms with Crippen LogP contribution in [0.15, 0.2) is 40.9 Å². The lowest BCUT2D eigenvalue weighted by molar-refractivity contribution is 0.335. The lowest BCUT2D eigenvalue weighted by atomic mass is 9.98. The number of benzene rings is 2. The van der Waals surface area contributed by atoms with Gasteiger partial charge in [0.2, 0.25) is 0 Å². The van der Waals surface area contributed by atoms with Crippen LogP contribution in [-0.2, 0) is 0 Å². The fraction of sp³-hybridized carbons (Fsp3) is 0.250. The van der Waals surface area contributed by atoms with Crippen LogP contribution in [0.25, 0.3) is 0 Å². The van der Waals surface area contributed by atoms with E-state index >= 15 is 0 Å². The fourth-order valence-electron chi connectivity index (χ4n) is 2.10. The average molecular weight is 354 g/mol. The molecule has 2 N–H and O–H groups in total. The zero-order chi connectivity index (χ0) is 15.4. The summed E-state index contributed by atoms with van der Waals surface area (Å²) in [7, 11) is 1.50. The van der Waals surface area contributed by atoms with Gasteiger partial charge in [0.05, 0.1) is 19.8 Å².